The van der Waals surface area contributed by atoms with E-state index in [0.717, 1.165) is 5.56 Å². The second kappa shape index (κ2) is 6.35. The third-order valence-electron chi connectivity index (χ3n) is 1.87. The number of benzene rings is 1. The lowest BCUT2D eigenvalue weighted by molar-refractivity contribution is 0.0836. The quantitative estimate of drug-likeness (QED) is 0.724. The van der Waals surface area contributed by atoms with Gasteiger partial charge in [-0.05, 0) is 12.5 Å². The maximum atomic E-state index is 8.56. The second-order valence-electron chi connectivity index (χ2n) is 3.11. The normalized spacial score (nSPS) is 13.3. The Morgan fingerprint density at radius 2 is 2.07 bits per heavy atom. The minimum Gasteiger partial charge on any atom is -0.392 e. The van der Waals surface area contributed by atoms with Gasteiger partial charge in [-0.25, -0.2) is 0 Å². The Morgan fingerprint density at radius 3 is 2.71 bits per heavy atom. The van der Waals surface area contributed by atoms with Gasteiger partial charge in [0.1, 0.15) is 0 Å². The van der Waals surface area contributed by atoms with E-state index >= 15 is 0 Å². The lowest BCUT2D eigenvalue weighted by atomic mass is 10.2. The smallest absolute Gasteiger partial charge is 0.0733 e. The minimum absolute atomic E-state index is 0.0438. The van der Waals surface area contributed by atoms with Gasteiger partial charge in [0.05, 0.1) is 19.3 Å². The summed E-state index contributed by atoms with van der Waals surface area (Å²) in [5.41, 5.74) is 1.16. The predicted octanol–water partition coefficient (Wildman–Crippen LogP) is 2.14. The molecule has 0 saturated carbocycles. The van der Waals surface area contributed by atoms with Crippen molar-refractivity contribution in [1.82, 2.24) is 0 Å². The first-order valence-corrected chi connectivity index (χ1v) is 4.76. The minimum atomic E-state index is 0.0438. The molecule has 1 rings (SSSR count). The van der Waals surface area contributed by atoms with Crippen LogP contribution in [0, 0.1) is 0 Å². The average Bonchev–Trinajstić information content (AvgIpc) is 2.25. The highest BCUT2D eigenvalue weighted by atomic mass is 16.5. The topological polar surface area (TPSA) is 29.5 Å². The maximum Gasteiger partial charge on any atom is 0.0733 e. The largest absolute Gasteiger partial charge is 0.392 e. The van der Waals surface area contributed by atoms with Crippen molar-refractivity contribution >= 4 is 0 Å². The third kappa shape index (κ3) is 4.21. The molecule has 76 valence electrons. The Balaban J connectivity index is 2.30. The fraction of sp³-hybridized carbons (Fsp3) is 0.333. The van der Waals surface area contributed by atoms with Crippen LogP contribution in [0.25, 0.3) is 0 Å². The number of rotatable bonds is 5. The monoisotopic (exact) mass is 192 g/mol. The standard InChI is InChI=1S/C12H16O2/c1-11(6-5-9-13)14-10-12-7-3-2-4-8-12/h2-8,11,13H,9-10H2,1H3/b6-5-. The molecule has 0 aliphatic carbocycles. The zero-order chi connectivity index (χ0) is 10.2. The zero-order valence-electron chi connectivity index (χ0n) is 8.39. The molecule has 2 heteroatoms. The van der Waals surface area contributed by atoms with Gasteiger partial charge >= 0.3 is 0 Å². The van der Waals surface area contributed by atoms with Gasteiger partial charge in [0.15, 0.2) is 0 Å². The summed E-state index contributed by atoms with van der Waals surface area (Å²) in [5.74, 6) is 0. The average molecular weight is 192 g/mol. The molecule has 0 aliphatic rings. The molecule has 0 aromatic heterocycles. The van der Waals surface area contributed by atoms with E-state index in [1.54, 1.807) is 6.08 Å². The third-order valence-corrected chi connectivity index (χ3v) is 1.87. The van der Waals surface area contributed by atoms with Gasteiger partial charge in [0.2, 0.25) is 0 Å². The molecular formula is C12H16O2. The van der Waals surface area contributed by atoms with Crippen LogP contribution in [0.4, 0.5) is 0 Å². The van der Waals surface area contributed by atoms with E-state index < -0.39 is 0 Å². The van der Waals surface area contributed by atoms with Crippen LogP contribution >= 0.6 is 0 Å². The van der Waals surface area contributed by atoms with Gasteiger partial charge < -0.3 is 9.84 Å². The summed E-state index contributed by atoms with van der Waals surface area (Å²) in [6.07, 6.45) is 3.58. The van der Waals surface area contributed by atoms with E-state index in [0.29, 0.717) is 6.61 Å². The van der Waals surface area contributed by atoms with Crippen LogP contribution in [-0.4, -0.2) is 17.8 Å². The number of aliphatic hydroxyl groups is 1. The van der Waals surface area contributed by atoms with Gasteiger partial charge in [-0.3, -0.25) is 0 Å². The Hall–Kier alpha value is -1.12. The highest BCUT2D eigenvalue weighted by Crippen LogP contribution is 2.03. The SMILES string of the molecule is CC(/C=C\CO)OCc1ccccc1. The number of hydrogen-bond donors (Lipinski definition) is 1. The molecule has 0 bridgehead atoms. The fourth-order valence-corrected chi connectivity index (χ4v) is 1.11. The molecule has 1 aromatic carbocycles. The van der Waals surface area contributed by atoms with Gasteiger partial charge in [-0.1, -0.05) is 42.5 Å². The summed E-state index contributed by atoms with van der Waals surface area (Å²) in [6.45, 7) is 2.63. The van der Waals surface area contributed by atoms with Crippen molar-refractivity contribution < 1.29 is 9.84 Å². The fourth-order valence-electron chi connectivity index (χ4n) is 1.11. The van der Waals surface area contributed by atoms with Crippen molar-refractivity contribution in [2.45, 2.75) is 19.6 Å². The first kappa shape index (κ1) is 11.0. The molecule has 2 nitrogen and oxygen atoms in total. The molecule has 0 fully saturated rings. The van der Waals surface area contributed by atoms with E-state index in [2.05, 4.69) is 0 Å². The predicted molar refractivity (Wildman–Crippen MR) is 56.9 cm³/mol. The Morgan fingerprint density at radius 1 is 1.36 bits per heavy atom. The first-order valence-electron chi connectivity index (χ1n) is 4.76. The molecule has 0 heterocycles. The molecule has 1 N–H and O–H groups in total. The van der Waals surface area contributed by atoms with Crippen molar-refractivity contribution in [1.29, 1.82) is 0 Å². The summed E-state index contributed by atoms with van der Waals surface area (Å²) >= 11 is 0. The van der Waals surface area contributed by atoms with Gasteiger partial charge in [0, 0.05) is 0 Å². The summed E-state index contributed by atoms with van der Waals surface area (Å²) in [7, 11) is 0. The van der Waals surface area contributed by atoms with Crippen LogP contribution in [0.5, 0.6) is 0 Å². The van der Waals surface area contributed by atoms with Crippen molar-refractivity contribution in [3.05, 3.63) is 48.0 Å². The van der Waals surface area contributed by atoms with Crippen LogP contribution in [-0.2, 0) is 11.3 Å². The van der Waals surface area contributed by atoms with Crippen molar-refractivity contribution in [2.75, 3.05) is 6.61 Å². The highest BCUT2D eigenvalue weighted by Gasteiger charge is 1.96. The van der Waals surface area contributed by atoms with Crippen LogP contribution in [0.1, 0.15) is 12.5 Å². The van der Waals surface area contributed by atoms with E-state index in [1.807, 2.05) is 43.3 Å². The van der Waals surface area contributed by atoms with Crippen LogP contribution in [0.3, 0.4) is 0 Å². The van der Waals surface area contributed by atoms with Crippen LogP contribution in [0.15, 0.2) is 42.5 Å². The second-order valence-corrected chi connectivity index (χ2v) is 3.11. The molecule has 0 spiro atoms. The molecule has 1 unspecified atom stereocenters. The van der Waals surface area contributed by atoms with Gasteiger partial charge in [0.25, 0.3) is 0 Å². The number of hydrogen-bond acceptors (Lipinski definition) is 2. The summed E-state index contributed by atoms with van der Waals surface area (Å²) < 4.78 is 5.53. The van der Waals surface area contributed by atoms with Crippen LogP contribution < -0.4 is 0 Å². The number of aliphatic hydroxyl groups excluding tert-OH is 1. The molecule has 0 saturated heterocycles. The van der Waals surface area contributed by atoms with E-state index in [1.165, 1.54) is 0 Å². The molecule has 1 aromatic rings. The van der Waals surface area contributed by atoms with Crippen molar-refractivity contribution in [3.8, 4) is 0 Å². The molecule has 14 heavy (non-hydrogen) atoms. The lowest BCUT2D eigenvalue weighted by Crippen LogP contribution is -2.04. The van der Waals surface area contributed by atoms with Crippen molar-refractivity contribution in [3.63, 3.8) is 0 Å². The molecule has 0 amide bonds. The number of ether oxygens (including phenoxy) is 1. The lowest BCUT2D eigenvalue weighted by Gasteiger charge is -2.08. The van der Waals surface area contributed by atoms with Crippen molar-refractivity contribution in [2.24, 2.45) is 0 Å². The Kier molecular flexibility index (Phi) is 4.97. The molecular weight excluding hydrogens is 176 g/mol. The molecule has 0 aliphatic heterocycles. The highest BCUT2D eigenvalue weighted by molar-refractivity contribution is 5.13. The Labute approximate surface area is 84.8 Å². The summed E-state index contributed by atoms with van der Waals surface area (Å²) in [6, 6.07) is 10.0. The van der Waals surface area contributed by atoms with E-state index in [4.69, 9.17) is 9.84 Å². The van der Waals surface area contributed by atoms with E-state index in [-0.39, 0.29) is 12.7 Å². The zero-order valence-corrected chi connectivity index (χ0v) is 8.39. The molecule has 1 atom stereocenters. The van der Waals surface area contributed by atoms with Crippen LogP contribution in [0.2, 0.25) is 0 Å². The maximum absolute atomic E-state index is 8.56. The summed E-state index contributed by atoms with van der Waals surface area (Å²) in [5, 5.41) is 8.56. The van der Waals surface area contributed by atoms with E-state index in [9.17, 15) is 0 Å². The van der Waals surface area contributed by atoms with Gasteiger partial charge in [-0.15, -0.1) is 0 Å². The molecule has 0 radical (unpaired) electrons. The summed E-state index contributed by atoms with van der Waals surface area (Å²) in [4.78, 5) is 0. The van der Waals surface area contributed by atoms with Gasteiger partial charge in [-0.2, -0.15) is 0 Å². The Bertz CT molecular complexity index is 267. The first-order chi connectivity index (χ1) is 6.83.